The van der Waals surface area contributed by atoms with Gasteiger partial charge in [0.1, 0.15) is 11.0 Å². The zero-order valence-electron chi connectivity index (χ0n) is 12.1. The number of nitrogens with zero attached hydrogens (tertiary/aromatic N) is 1. The summed E-state index contributed by atoms with van der Waals surface area (Å²) in [6.07, 6.45) is 1.76. The van der Waals surface area contributed by atoms with Crippen LogP contribution in [0.4, 0.5) is 0 Å². The average molecular weight is 328 g/mol. The van der Waals surface area contributed by atoms with Crippen LogP contribution >= 0.6 is 11.3 Å². The molecule has 3 aromatic rings. The lowest BCUT2D eigenvalue weighted by Gasteiger charge is -2.16. The average Bonchev–Trinajstić information content (AvgIpc) is 3.08. The monoisotopic (exact) mass is 328 g/mol. The van der Waals surface area contributed by atoms with Gasteiger partial charge in [0, 0.05) is 11.1 Å². The molecule has 0 saturated heterocycles. The van der Waals surface area contributed by atoms with Gasteiger partial charge in [-0.3, -0.25) is 4.98 Å². The maximum atomic E-state index is 12.6. The summed E-state index contributed by atoms with van der Waals surface area (Å²) in [4.78, 5) is 6.27. The molecular weight excluding hydrogens is 312 g/mol. The van der Waals surface area contributed by atoms with Gasteiger partial charge in [-0.25, -0.2) is 8.93 Å². The number of rotatable bonds is 5. The Bertz CT molecular complexity index is 740. The third-order valence-electron chi connectivity index (χ3n) is 3.27. The van der Waals surface area contributed by atoms with E-state index in [1.165, 1.54) is 0 Å². The summed E-state index contributed by atoms with van der Waals surface area (Å²) in [5, 5.41) is 2.02. The van der Waals surface area contributed by atoms with Crippen LogP contribution in [0.1, 0.15) is 22.2 Å². The molecule has 0 aliphatic carbocycles. The van der Waals surface area contributed by atoms with Gasteiger partial charge in [-0.2, -0.15) is 0 Å². The molecule has 0 aliphatic rings. The zero-order valence-corrected chi connectivity index (χ0v) is 13.7. The Morgan fingerprint density at radius 1 is 1.09 bits per heavy atom. The van der Waals surface area contributed by atoms with Gasteiger partial charge in [0.2, 0.25) is 0 Å². The Kier molecular flexibility index (Phi) is 4.77. The first-order chi connectivity index (χ1) is 10.7. The summed E-state index contributed by atoms with van der Waals surface area (Å²) in [5.74, 6) is 0. The molecule has 0 fully saturated rings. The van der Waals surface area contributed by atoms with Crippen LogP contribution in [0.15, 0.2) is 71.1 Å². The van der Waals surface area contributed by atoms with E-state index in [1.807, 2.05) is 66.9 Å². The number of aryl methyl sites for hydroxylation is 1. The second kappa shape index (κ2) is 6.96. The van der Waals surface area contributed by atoms with E-state index >= 15 is 0 Å². The number of thiophene rings is 1. The molecule has 0 amide bonds. The lowest BCUT2D eigenvalue weighted by Crippen LogP contribution is -2.24. The topological polar surface area (TPSA) is 42.0 Å². The van der Waals surface area contributed by atoms with Gasteiger partial charge in [-0.15, -0.1) is 11.3 Å². The van der Waals surface area contributed by atoms with Crippen LogP contribution in [0, 0.1) is 6.92 Å². The van der Waals surface area contributed by atoms with Gasteiger partial charge in [-0.05, 0) is 42.6 Å². The summed E-state index contributed by atoms with van der Waals surface area (Å²) in [5.41, 5.74) is 2.02. The van der Waals surface area contributed by atoms with Crippen LogP contribution in [-0.4, -0.2) is 9.19 Å². The van der Waals surface area contributed by atoms with Gasteiger partial charge >= 0.3 is 0 Å². The first-order valence-corrected chi connectivity index (χ1v) is 8.96. The minimum Gasteiger partial charge on any atom is -0.259 e. The van der Waals surface area contributed by atoms with Crippen molar-refractivity contribution in [3.63, 3.8) is 0 Å². The molecule has 0 bridgehead atoms. The molecule has 3 nitrogen and oxygen atoms in total. The molecule has 112 valence electrons. The van der Waals surface area contributed by atoms with E-state index in [4.69, 9.17) is 0 Å². The molecule has 0 saturated carbocycles. The molecule has 2 aromatic heterocycles. The SMILES string of the molecule is Cc1ccc(S(=O)N[C@@H](c2ccccn2)c2cccs2)cc1. The van der Waals surface area contributed by atoms with Crippen molar-refractivity contribution in [1.82, 2.24) is 9.71 Å². The first-order valence-electron chi connectivity index (χ1n) is 6.93. The predicted molar refractivity (Wildman–Crippen MR) is 91.1 cm³/mol. The number of pyridine rings is 1. The number of aromatic nitrogens is 1. The molecule has 0 aliphatic heterocycles. The molecule has 1 aromatic carbocycles. The van der Waals surface area contributed by atoms with E-state index in [-0.39, 0.29) is 6.04 Å². The number of hydrogen-bond acceptors (Lipinski definition) is 3. The molecule has 0 radical (unpaired) electrons. The van der Waals surface area contributed by atoms with Crippen molar-refractivity contribution in [3.8, 4) is 0 Å². The van der Waals surface area contributed by atoms with Crippen molar-refractivity contribution in [2.24, 2.45) is 0 Å². The van der Waals surface area contributed by atoms with Crippen LogP contribution in [-0.2, 0) is 11.0 Å². The van der Waals surface area contributed by atoms with Gasteiger partial charge < -0.3 is 0 Å². The normalized spacial score (nSPS) is 13.7. The predicted octanol–water partition coefficient (Wildman–Crippen LogP) is 3.85. The highest BCUT2D eigenvalue weighted by molar-refractivity contribution is 7.83. The minimum absolute atomic E-state index is 0.177. The summed E-state index contributed by atoms with van der Waals surface area (Å²) < 4.78 is 15.8. The molecule has 2 heterocycles. The third kappa shape index (κ3) is 3.50. The molecule has 2 atom stereocenters. The Balaban J connectivity index is 1.87. The Morgan fingerprint density at radius 3 is 2.55 bits per heavy atom. The first kappa shape index (κ1) is 15.1. The lowest BCUT2D eigenvalue weighted by atomic mass is 10.2. The molecule has 0 spiro atoms. The smallest absolute Gasteiger partial charge is 0.125 e. The molecule has 22 heavy (non-hydrogen) atoms. The molecule has 1 unspecified atom stereocenters. The summed E-state index contributed by atoms with van der Waals surface area (Å²) in [6.45, 7) is 2.02. The molecule has 3 rings (SSSR count). The van der Waals surface area contributed by atoms with E-state index < -0.39 is 11.0 Å². The largest absolute Gasteiger partial charge is 0.259 e. The number of nitrogens with one attached hydrogen (secondary N) is 1. The minimum atomic E-state index is -1.29. The van der Waals surface area contributed by atoms with Crippen molar-refractivity contribution >= 4 is 22.3 Å². The Labute approximate surface area is 136 Å². The highest BCUT2D eigenvalue weighted by Gasteiger charge is 2.19. The van der Waals surface area contributed by atoms with Crippen LogP contribution < -0.4 is 4.72 Å². The van der Waals surface area contributed by atoms with E-state index in [9.17, 15) is 4.21 Å². The maximum absolute atomic E-state index is 12.6. The third-order valence-corrected chi connectivity index (χ3v) is 5.36. The highest BCUT2D eigenvalue weighted by Crippen LogP contribution is 2.25. The van der Waals surface area contributed by atoms with Crippen molar-refractivity contribution < 1.29 is 4.21 Å². The van der Waals surface area contributed by atoms with Crippen molar-refractivity contribution in [2.45, 2.75) is 17.9 Å². The fraction of sp³-hybridized carbons (Fsp3) is 0.118. The Morgan fingerprint density at radius 2 is 1.91 bits per heavy atom. The van der Waals surface area contributed by atoms with E-state index in [0.717, 1.165) is 21.0 Å². The highest BCUT2D eigenvalue weighted by atomic mass is 32.2. The van der Waals surface area contributed by atoms with Gasteiger partial charge in [0.25, 0.3) is 0 Å². The van der Waals surface area contributed by atoms with Crippen molar-refractivity contribution in [3.05, 3.63) is 82.3 Å². The van der Waals surface area contributed by atoms with Gasteiger partial charge in [-0.1, -0.05) is 29.8 Å². The maximum Gasteiger partial charge on any atom is 0.125 e. The van der Waals surface area contributed by atoms with Crippen LogP contribution in [0.3, 0.4) is 0 Å². The van der Waals surface area contributed by atoms with Gasteiger partial charge in [0.05, 0.1) is 16.6 Å². The van der Waals surface area contributed by atoms with Crippen molar-refractivity contribution in [1.29, 1.82) is 0 Å². The zero-order chi connectivity index (χ0) is 15.4. The summed E-state index contributed by atoms with van der Waals surface area (Å²) >= 11 is 1.63. The van der Waals surface area contributed by atoms with Crippen LogP contribution in [0.5, 0.6) is 0 Å². The second-order valence-electron chi connectivity index (χ2n) is 4.90. The number of hydrogen-bond donors (Lipinski definition) is 1. The summed E-state index contributed by atoms with van der Waals surface area (Å²) in [7, 11) is -1.29. The molecular formula is C17H16N2OS2. The van der Waals surface area contributed by atoms with E-state index in [0.29, 0.717) is 0 Å². The van der Waals surface area contributed by atoms with E-state index in [1.54, 1.807) is 17.5 Å². The van der Waals surface area contributed by atoms with E-state index in [2.05, 4.69) is 9.71 Å². The number of benzene rings is 1. The fourth-order valence-corrected chi connectivity index (χ4v) is 3.95. The standard InChI is InChI=1S/C17H16N2OS2/c1-13-7-9-14(10-8-13)22(20)19-17(16-6-4-12-21-16)15-5-2-3-11-18-15/h2-12,17,19H,1H3/t17-,22?/m0/s1. The second-order valence-corrected chi connectivity index (χ2v) is 7.13. The summed E-state index contributed by atoms with van der Waals surface area (Å²) in [6, 6.07) is 17.3. The fourth-order valence-electron chi connectivity index (χ4n) is 2.10. The quantitative estimate of drug-likeness (QED) is 0.773. The van der Waals surface area contributed by atoms with Crippen LogP contribution in [0.2, 0.25) is 0 Å². The van der Waals surface area contributed by atoms with Gasteiger partial charge in [0.15, 0.2) is 0 Å². The molecule has 1 N–H and O–H groups in total. The van der Waals surface area contributed by atoms with Crippen molar-refractivity contribution in [2.75, 3.05) is 0 Å². The lowest BCUT2D eigenvalue weighted by molar-refractivity contribution is 0.658. The van der Waals surface area contributed by atoms with Crippen LogP contribution in [0.25, 0.3) is 0 Å². The Hall–Kier alpha value is -1.82. The molecule has 5 heteroatoms.